The summed E-state index contributed by atoms with van der Waals surface area (Å²) in [5.41, 5.74) is 0. The summed E-state index contributed by atoms with van der Waals surface area (Å²) in [7, 11) is 0. The van der Waals surface area contributed by atoms with Gasteiger partial charge in [-0.15, -0.1) is 0 Å². The number of nitrogens with zero attached hydrogens (tertiary/aromatic N) is 2. The average Bonchev–Trinajstić information content (AvgIpc) is 2.86. The second kappa shape index (κ2) is 8.13. The van der Waals surface area contributed by atoms with Gasteiger partial charge in [-0.25, -0.2) is 0 Å². The molecule has 1 rings (SSSR count). The number of rotatable bonds is 5. The first-order chi connectivity index (χ1) is 8.69. The third-order valence-corrected chi connectivity index (χ3v) is 3.45. The molecule has 0 saturated carbocycles. The van der Waals surface area contributed by atoms with Crippen molar-refractivity contribution in [2.24, 2.45) is 4.99 Å². The van der Waals surface area contributed by atoms with Crippen molar-refractivity contribution in [1.29, 1.82) is 0 Å². The summed E-state index contributed by atoms with van der Waals surface area (Å²) in [4.78, 5) is 29.5. The second-order valence-electron chi connectivity index (χ2n) is 4.14. The maximum absolute atomic E-state index is 12.0. The van der Waals surface area contributed by atoms with Gasteiger partial charge in [0.2, 0.25) is 0 Å². The van der Waals surface area contributed by atoms with E-state index in [2.05, 4.69) is 17.2 Å². The molecular formula is C12H21N3O2S. The first kappa shape index (κ1) is 15.0. The fourth-order valence-electron chi connectivity index (χ4n) is 1.64. The van der Waals surface area contributed by atoms with Gasteiger partial charge >= 0.3 is 11.8 Å². The molecule has 0 bridgehead atoms. The minimum absolute atomic E-state index is 0.444. The van der Waals surface area contributed by atoms with Gasteiger partial charge in [0, 0.05) is 18.8 Å². The summed E-state index contributed by atoms with van der Waals surface area (Å²) in [6, 6.07) is 0. The Labute approximate surface area is 112 Å². The minimum Gasteiger partial charge on any atom is -0.334 e. The van der Waals surface area contributed by atoms with Crippen LogP contribution in [0, 0.1) is 0 Å². The van der Waals surface area contributed by atoms with Crippen LogP contribution in [0.15, 0.2) is 4.99 Å². The predicted octanol–water partition coefficient (Wildman–Crippen LogP) is 1.24. The molecule has 18 heavy (non-hydrogen) atoms. The molecule has 0 fully saturated rings. The third-order valence-electron chi connectivity index (χ3n) is 2.56. The van der Waals surface area contributed by atoms with Crippen LogP contribution in [0.5, 0.6) is 0 Å². The summed E-state index contributed by atoms with van der Waals surface area (Å²) in [6.07, 6.45) is 2.80. The van der Waals surface area contributed by atoms with Crippen molar-refractivity contribution in [2.45, 2.75) is 33.1 Å². The van der Waals surface area contributed by atoms with Crippen molar-refractivity contribution in [1.82, 2.24) is 10.2 Å². The number of thioether (sulfide) groups is 1. The lowest BCUT2D eigenvalue weighted by molar-refractivity contribution is -0.145. The van der Waals surface area contributed by atoms with Crippen LogP contribution in [-0.2, 0) is 9.59 Å². The molecule has 5 nitrogen and oxygen atoms in total. The van der Waals surface area contributed by atoms with Crippen LogP contribution in [0.2, 0.25) is 0 Å². The summed E-state index contributed by atoms with van der Waals surface area (Å²) in [5.74, 6) is -0.133. The van der Waals surface area contributed by atoms with Gasteiger partial charge in [0.15, 0.2) is 5.17 Å². The molecule has 0 aromatic heterocycles. The fourth-order valence-corrected chi connectivity index (χ4v) is 2.36. The van der Waals surface area contributed by atoms with E-state index >= 15 is 0 Å². The molecule has 1 heterocycles. The van der Waals surface area contributed by atoms with E-state index < -0.39 is 11.8 Å². The molecule has 0 spiro atoms. The molecule has 1 N–H and O–H groups in total. The molecule has 0 radical (unpaired) electrons. The Balaban J connectivity index is 2.49. The van der Waals surface area contributed by atoms with Crippen molar-refractivity contribution >= 4 is 28.7 Å². The number of amidine groups is 1. The van der Waals surface area contributed by atoms with Gasteiger partial charge in [-0.05, 0) is 12.8 Å². The van der Waals surface area contributed by atoms with Crippen LogP contribution in [0.1, 0.15) is 33.1 Å². The van der Waals surface area contributed by atoms with Crippen molar-refractivity contribution in [3.8, 4) is 0 Å². The van der Waals surface area contributed by atoms with E-state index in [4.69, 9.17) is 0 Å². The van der Waals surface area contributed by atoms with Gasteiger partial charge in [-0.3, -0.25) is 19.9 Å². The smallest absolute Gasteiger partial charge is 0.315 e. The Hall–Kier alpha value is -1.04. The lowest BCUT2D eigenvalue weighted by atomic mass is 10.3. The average molecular weight is 271 g/mol. The molecule has 0 aromatic carbocycles. The molecule has 0 aliphatic carbocycles. The van der Waals surface area contributed by atoms with Gasteiger partial charge in [0.1, 0.15) is 0 Å². The minimum atomic E-state index is -0.562. The van der Waals surface area contributed by atoms with Gasteiger partial charge < -0.3 is 4.90 Å². The fraction of sp³-hybridized carbons (Fsp3) is 0.750. The van der Waals surface area contributed by atoms with Gasteiger partial charge in [0.25, 0.3) is 0 Å². The maximum atomic E-state index is 12.0. The van der Waals surface area contributed by atoms with Crippen LogP contribution in [0.3, 0.4) is 0 Å². The molecule has 102 valence electrons. The molecule has 2 amide bonds. The lowest BCUT2D eigenvalue weighted by Gasteiger charge is -2.21. The lowest BCUT2D eigenvalue weighted by Crippen LogP contribution is -2.44. The zero-order valence-electron chi connectivity index (χ0n) is 11.1. The monoisotopic (exact) mass is 271 g/mol. The van der Waals surface area contributed by atoms with E-state index in [0.29, 0.717) is 24.8 Å². The van der Waals surface area contributed by atoms with E-state index in [1.54, 1.807) is 4.90 Å². The first-order valence-electron chi connectivity index (χ1n) is 6.46. The number of unbranched alkanes of at least 4 members (excludes halogenated alkanes) is 1. The Morgan fingerprint density at radius 1 is 1.33 bits per heavy atom. The standard InChI is InChI=1S/C12H21N3O2S/c1-3-5-8-15(7-4-2)11(17)10(16)14-12-13-6-9-18-12/h3-9H2,1-2H3,(H,13,14,16). The second-order valence-corrected chi connectivity index (χ2v) is 5.22. The molecule has 0 atom stereocenters. The SMILES string of the molecule is CCCCN(CCC)C(=O)C(=O)NC1=NCCS1. The first-order valence-corrected chi connectivity index (χ1v) is 7.45. The highest BCUT2D eigenvalue weighted by Gasteiger charge is 2.22. The van der Waals surface area contributed by atoms with Crippen molar-refractivity contribution < 1.29 is 9.59 Å². The van der Waals surface area contributed by atoms with Crippen molar-refractivity contribution in [2.75, 3.05) is 25.4 Å². The summed E-state index contributed by atoms with van der Waals surface area (Å²) < 4.78 is 0. The van der Waals surface area contributed by atoms with Gasteiger partial charge in [0.05, 0.1) is 6.54 Å². The molecular weight excluding hydrogens is 250 g/mol. The van der Waals surface area contributed by atoms with Gasteiger partial charge in [-0.2, -0.15) is 0 Å². The van der Waals surface area contributed by atoms with Crippen LogP contribution in [0.4, 0.5) is 0 Å². The highest BCUT2D eigenvalue weighted by atomic mass is 32.2. The molecule has 0 saturated heterocycles. The number of aliphatic imine (C=N–C) groups is 1. The van der Waals surface area contributed by atoms with E-state index in [0.717, 1.165) is 25.0 Å². The number of carbonyl (C=O) groups is 2. The van der Waals surface area contributed by atoms with Crippen LogP contribution < -0.4 is 5.32 Å². The number of nitrogens with one attached hydrogen (secondary N) is 1. The number of amides is 2. The van der Waals surface area contributed by atoms with E-state index in [1.807, 2.05) is 6.92 Å². The Morgan fingerprint density at radius 3 is 2.67 bits per heavy atom. The maximum Gasteiger partial charge on any atom is 0.315 e. The van der Waals surface area contributed by atoms with E-state index in [1.165, 1.54) is 11.8 Å². The Morgan fingerprint density at radius 2 is 2.11 bits per heavy atom. The third kappa shape index (κ3) is 4.68. The normalized spacial score (nSPS) is 14.2. The molecule has 0 unspecified atom stereocenters. The summed E-state index contributed by atoms with van der Waals surface area (Å²) >= 11 is 1.48. The van der Waals surface area contributed by atoms with Crippen LogP contribution in [-0.4, -0.2) is 47.3 Å². The van der Waals surface area contributed by atoms with Crippen molar-refractivity contribution in [3.05, 3.63) is 0 Å². The molecule has 1 aliphatic rings. The predicted molar refractivity (Wildman–Crippen MR) is 74.7 cm³/mol. The Bertz CT molecular complexity index is 331. The quantitative estimate of drug-likeness (QED) is 0.765. The molecule has 0 aromatic rings. The zero-order chi connectivity index (χ0) is 13.4. The van der Waals surface area contributed by atoms with Crippen molar-refractivity contribution in [3.63, 3.8) is 0 Å². The van der Waals surface area contributed by atoms with E-state index in [9.17, 15) is 9.59 Å². The molecule has 1 aliphatic heterocycles. The van der Waals surface area contributed by atoms with E-state index in [-0.39, 0.29) is 0 Å². The highest BCUT2D eigenvalue weighted by Crippen LogP contribution is 2.09. The Kier molecular flexibility index (Phi) is 6.78. The van der Waals surface area contributed by atoms with Gasteiger partial charge in [-0.1, -0.05) is 32.0 Å². The number of carbonyl (C=O) groups excluding carboxylic acids is 2. The summed E-state index contributed by atoms with van der Waals surface area (Å²) in [6.45, 7) is 6.06. The number of hydrogen-bond acceptors (Lipinski definition) is 4. The largest absolute Gasteiger partial charge is 0.334 e. The van der Waals surface area contributed by atoms with Crippen LogP contribution >= 0.6 is 11.8 Å². The highest BCUT2D eigenvalue weighted by molar-refractivity contribution is 8.14. The van der Waals surface area contributed by atoms with Crippen LogP contribution in [0.25, 0.3) is 0 Å². The topological polar surface area (TPSA) is 61.8 Å². The zero-order valence-corrected chi connectivity index (χ0v) is 11.9. The number of hydrogen-bond donors (Lipinski definition) is 1. The summed E-state index contributed by atoms with van der Waals surface area (Å²) in [5, 5.41) is 3.15. The molecule has 6 heteroatoms.